The summed E-state index contributed by atoms with van der Waals surface area (Å²) < 4.78 is 17.3. The van der Waals surface area contributed by atoms with Crippen LogP contribution in [0, 0.1) is 5.41 Å². The number of ether oxygens (including phenoxy) is 3. The van der Waals surface area contributed by atoms with Crippen LogP contribution >= 0.6 is 0 Å². The van der Waals surface area contributed by atoms with E-state index in [-0.39, 0.29) is 23.0 Å². The van der Waals surface area contributed by atoms with E-state index in [9.17, 15) is 4.79 Å². The van der Waals surface area contributed by atoms with Crippen LogP contribution in [0.25, 0.3) is 0 Å². The Morgan fingerprint density at radius 1 is 0.846 bits per heavy atom. The van der Waals surface area contributed by atoms with Crippen molar-refractivity contribution in [3.05, 3.63) is 0 Å². The third-order valence-electron chi connectivity index (χ3n) is 4.00. The molecule has 0 aromatic heterocycles. The van der Waals surface area contributed by atoms with Gasteiger partial charge in [0, 0.05) is 19.8 Å². The lowest BCUT2D eigenvalue weighted by Crippen LogP contribution is -2.37. The molecule has 0 bridgehead atoms. The molecule has 0 radical (unpaired) electrons. The average molecular weight is 374 g/mol. The number of rotatable bonds is 13. The highest BCUT2D eigenvalue weighted by Gasteiger charge is 2.24. The second-order valence-corrected chi connectivity index (χ2v) is 9.72. The van der Waals surface area contributed by atoms with Gasteiger partial charge in [-0.25, -0.2) is 0 Å². The zero-order valence-corrected chi connectivity index (χ0v) is 18.7. The Balaban J connectivity index is 3.96. The molecule has 0 saturated heterocycles. The van der Waals surface area contributed by atoms with Crippen LogP contribution in [0.15, 0.2) is 0 Å². The number of nitrogens with one attached hydrogen (secondary N) is 1. The van der Waals surface area contributed by atoms with Gasteiger partial charge in [-0.15, -0.1) is 0 Å². The van der Waals surface area contributed by atoms with Crippen LogP contribution in [0.5, 0.6) is 0 Å². The molecule has 0 aliphatic heterocycles. The van der Waals surface area contributed by atoms with E-state index in [1.165, 1.54) is 0 Å². The van der Waals surface area contributed by atoms with Crippen LogP contribution in [-0.2, 0) is 19.0 Å². The Bertz CT molecular complexity index is 397. The quantitative estimate of drug-likeness (QED) is 0.488. The average Bonchev–Trinajstić information content (AvgIpc) is 2.40. The lowest BCUT2D eigenvalue weighted by atomic mass is 9.93. The molecule has 0 aromatic carbocycles. The fourth-order valence-electron chi connectivity index (χ4n) is 2.26. The smallest absolute Gasteiger partial charge is 0.222 e. The van der Waals surface area contributed by atoms with Gasteiger partial charge in [0.15, 0.2) is 0 Å². The van der Waals surface area contributed by atoms with Crippen LogP contribution in [0.2, 0.25) is 0 Å². The van der Waals surface area contributed by atoms with Gasteiger partial charge in [0.1, 0.15) is 0 Å². The van der Waals surface area contributed by atoms with Crippen molar-refractivity contribution < 1.29 is 19.0 Å². The SMILES string of the molecule is CC(C)OCCC(C)(C)OCCNC(=O)CC(C)(C)OCCC(C)(C)C. The Morgan fingerprint density at radius 2 is 1.42 bits per heavy atom. The number of carbonyl (C=O) groups excluding carboxylic acids is 1. The van der Waals surface area contributed by atoms with Gasteiger partial charge in [-0.05, 0) is 59.8 Å². The third-order valence-corrected chi connectivity index (χ3v) is 4.00. The Labute approximate surface area is 161 Å². The molecule has 0 rings (SSSR count). The van der Waals surface area contributed by atoms with Crippen molar-refractivity contribution in [1.29, 1.82) is 0 Å². The summed E-state index contributed by atoms with van der Waals surface area (Å²) in [5.74, 6) is -0.00435. The van der Waals surface area contributed by atoms with E-state index in [0.717, 1.165) is 12.8 Å². The van der Waals surface area contributed by atoms with Crippen molar-refractivity contribution in [2.45, 2.75) is 98.9 Å². The first kappa shape index (κ1) is 25.4. The van der Waals surface area contributed by atoms with E-state index in [0.29, 0.717) is 32.8 Å². The van der Waals surface area contributed by atoms with Crippen molar-refractivity contribution in [3.63, 3.8) is 0 Å². The molecular weight excluding hydrogens is 330 g/mol. The van der Waals surface area contributed by atoms with Gasteiger partial charge in [-0.1, -0.05) is 20.8 Å². The first-order chi connectivity index (χ1) is 11.7. The standard InChI is InChI=1S/C21H43NO4/c1-17(2)24-13-11-20(6,7)26-15-12-22-18(23)16-21(8,9)25-14-10-19(3,4)5/h17H,10-16H2,1-9H3,(H,22,23). The van der Waals surface area contributed by atoms with Crippen molar-refractivity contribution >= 4 is 5.91 Å². The van der Waals surface area contributed by atoms with Crippen molar-refractivity contribution in [1.82, 2.24) is 5.32 Å². The summed E-state index contributed by atoms with van der Waals surface area (Å²) in [5, 5.41) is 2.92. The summed E-state index contributed by atoms with van der Waals surface area (Å²) in [6, 6.07) is 0. The molecule has 0 spiro atoms. The van der Waals surface area contributed by atoms with E-state index in [1.54, 1.807) is 0 Å². The molecule has 156 valence electrons. The molecule has 0 aliphatic carbocycles. The molecule has 1 N–H and O–H groups in total. The monoisotopic (exact) mass is 373 g/mol. The molecule has 0 fully saturated rings. The van der Waals surface area contributed by atoms with E-state index in [4.69, 9.17) is 14.2 Å². The van der Waals surface area contributed by atoms with Gasteiger partial charge in [0.2, 0.25) is 5.91 Å². The van der Waals surface area contributed by atoms with Crippen LogP contribution < -0.4 is 5.32 Å². The van der Waals surface area contributed by atoms with Crippen LogP contribution in [0.1, 0.15) is 81.6 Å². The summed E-state index contributed by atoms with van der Waals surface area (Å²) in [4.78, 5) is 12.1. The highest BCUT2D eigenvalue weighted by atomic mass is 16.5. The molecule has 0 aliphatic rings. The topological polar surface area (TPSA) is 56.8 Å². The van der Waals surface area contributed by atoms with Crippen LogP contribution in [0.4, 0.5) is 0 Å². The number of hydrogen-bond acceptors (Lipinski definition) is 4. The highest BCUT2D eigenvalue weighted by molar-refractivity contribution is 5.76. The minimum Gasteiger partial charge on any atom is -0.379 e. The fraction of sp³-hybridized carbons (Fsp3) is 0.952. The van der Waals surface area contributed by atoms with Gasteiger partial charge < -0.3 is 19.5 Å². The molecular formula is C21H43NO4. The minimum atomic E-state index is -0.455. The minimum absolute atomic E-state index is 0.00435. The maximum atomic E-state index is 12.1. The number of hydrogen-bond donors (Lipinski definition) is 1. The third kappa shape index (κ3) is 15.6. The Hall–Kier alpha value is -0.650. The zero-order valence-electron chi connectivity index (χ0n) is 18.7. The Kier molecular flexibility index (Phi) is 11.0. The maximum Gasteiger partial charge on any atom is 0.222 e. The van der Waals surface area contributed by atoms with Crippen molar-refractivity contribution in [2.24, 2.45) is 5.41 Å². The summed E-state index contributed by atoms with van der Waals surface area (Å²) in [6.45, 7) is 21.0. The van der Waals surface area contributed by atoms with Gasteiger partial charge in [-0.3, -0.25) is 4.79 Å². The second kappa shape index (κ2) is 11.3. The lowest BCUT2D eigenvalue weighted by Gasteiger charge is -2.28. The zero-order chi connectivity index (χ0) is 20.4. The second-order valence-electron chi connectivity index (χ2n) is 9.72. The molecule has 0 unspecified atom stereocenters. The van der Waals surface area contributed by atoms with E-state index in [2.05, 4.69) is 26.1 Å². The summed E-state index contributed by atoms with van der Waals surface area (Å²) in [6.07, 6.45) is 2.39. The van der Waals surface area contributed by atoms with E-state index < -0.39 is 5.60 Å². The van der Waals surface area contributed by atoms with Crippen LogP contribution in [0.3, 0.4) is 0 Å². The number of carbonyl (C=O) groups is 1. The highest BCUT2D eigenvalue weighted by Crippen LogP contribution is 2.21. The predicted octanol–water partition coefficient (Wildman–Crippen LogP) is 4.33. The normalized spacial score (nSPS) is 13.3. The van der Waals surface area contributed by atoms with Gasteiger partial charge >= 0.3 is 0 Å². The van der Waals surface area contributed by atoms with Gasteiger partial charge in [0.05, 0.1) is 30.3 Å². The summed E-state index contributed by atoms with van der Waals surface area (Å²) in [7, 11) is 0. The molecule has 0 saturated carbocycles. The predicted molar refractivity (Wildman–Crippen MR) is 107 cm³/mol. The van der Waals surface area contributed by atoms with Gasteiger partial charge in [0.25, 0.3) is 0 Å². The van der Waals surface area contributed by atoms with E-state index >= 15 is 0 Å². The first-order valence-electron chi connectivity index (χ1n) is 9.89. The van der Waals surface area contributed by atoms with Gasteiger partial charge in [-0.2, -0.15) is 0 Å². The Morgan fingerprint density at radius 3 is 1.96 bits per heavy atom. The molecule has 0 heterocycles. The molecule has 1 amide bonds. The summed E-state index contributed by atoms with van der Waals surface area (Å²) >= 11 is 0. The molecule has 5 nitrogen and oxygen atoms in total. The lowest BCUT2D eigenvalue weighted by molar-refractivity contribution is -0.128. The first-order valence-corrected chi connectivity index (χ1v) is 9.89. The molecule has 0 atom stereocenters. The molecule has 5 heteroatoms. The van der Waals surface area contributed by atoms with E-state index in [1.807, 2.05) is 41.5 Å². The van der Waals surface area contributed by atoms with Crippen molar-refractivity contribution in [2.75, 3.05) is 26.4 Å². The molecule has 0 aromatic rings. The largest absolute Gasteiger partial charge is 0.379 e. The maximum absolute atomic E-state index is 12.1. The van der Waals surface area contributed by atoms with Crippen LogP contribution in [-0.4, -0.2) is 49.6 Å². The fourth-order valence-corrected chi connectivity index (χ4v) is 2.26. The number of amides is 1. The molecule has 26 heavy (non-hydrogen) atoms. The van der Waals surface area contributed by atoms with Crippen molar-refractivity contribution in [3.8, 4) is 0 Å². The summed E-state index contributed by atoms with van der Waals surface area (Å²) in [5.41, 5.74) is -0.471.